The first kappa shape index (κ1) is 23.4. The quantitative estimate of drug-likeness (QED) is 0.433. The van der Waals surface area contributed by atoms with Crippen LogP contribution in [0.1, 0.15) is 25.3 Å². The highest BCUT2D eigenvalue weighted by atomic mass is 19.1. The lowest BCUT2D eigenvalue weighted by molar-refractivity contribution is 0.0186. The fourth-order valence-corrected chi connectivity index (χ4v) is 3.96. The molecule has 0 bridgehead atoms. The molecule has 1 saturated carbocycles. The van der Waals surface area contributed by atoms with Gasteiger partial charge in [-0.2, -0.15) is 5.10 Å². The van der Waals surface area contributed by atoms with Crippen LogP contribution in [0.4, 0.5) is 4.39 Å². The average molecular weight is 454 g/mol. The van der Waals surface area contributed by atoms with Crippen molar-refractivity contribution >= 4 is 0 Å². The maximum atomic E-state index is 13.4. The van der Waals surface area contributed by atoms with Gasteiger partial charge in [-0.15, -0.1) is 0 Å². The number of aliphatic hydroxyl groups is 1. The average Bonchev–Trinajstić information content (AvgIpc) is 3.58. The van der Waals surface area contributed by atoms with Crippen LogP contribution in [-0.2, 0) is 18.3 Å². The molecule has 6 nitrogen and oxygen atoms in total. The molecule has 2 aromatic carbocycles. The van der Waals surface area contributed by atoms with Gasteiger partial charge in [0.15, 0.2) is 0 Å². The van der Waals surface area contributed by atoms with Gasteiger partial charge in [-0.05, 0) is 49.9 Å². The Morgan fingerprint density at radius 3 is 2.55 bits per heavy atom. The van der Waals surface area contributed by atoms with Gasteiger partial charge in [0.1, 0.15) is 17.3 Å². The molecule has 3 aromatic rings. The summed E-state index contributed by atoms with van der Waals surface area (Å²) in [6, 6.07) is 16.0. The minimum atomic E-state index is -0.568. The second kappa shape index (κ2) is 10.9. The van der Waals surface area contributed by atoms with Gasteiger partial charge < -0.3 is 14.6 Å². The Balaban J connectivity index is 1.65. The maximum Gasteiger partial charge on any atom is 0.222 e. The van der Waals surface area contributed by atoms with Gasteiger partial charge in [-0.25, -0.2) is 9.07 Å². The number of aromatic nitrogens is 2. The molecule has 1 fully saturated rings. The highest BCUT2D eigenvalue weighted by molar-refractivity contribution is 5.65. The summed E-state index contributed by atoms with van der Waals surface area (Å²) in [4.78, 5) is 2.27. The van der Waals surface area contributed by atoms with E-state index in [1.165, 1.54) is 25.0 Å². The number of hydrogen-bond acceptors (Lipinski definition) is 5. The zero-order chi connectivity index (χ0) is 23.2. The Morgan fingerprint density at radius 2 is 1.88 bits per heavy atom. The van der Waals surface area contributed by atoms with Crippen LogP contribution in [0.3, 0.4) is 0 Å². The van der Waals surface area contributed by atoms with Gasteiger partial charge in [-0.3, -0.25) is 4.90 Å². The molecule has 1 unspecified atom stereocenters. The molecule has 1 heterocycles. The number of nitrogens with zero attached hydrogens (tertiary/aromatic N) is 3. The van der Waals surface area contributed by atoms with E-state index in [4.69, 9.17) is 14.6 Å². The minimum Gasteiger partial charge on any atom is -0.439 e. The molecular formula is C26H32FN3O3. The lowest BCUT2D eigenvalue weighted by Crippen LogP contribution is -2.36. The van der Waals surface area contributed by atoms with Crippen molar-refractivity contribution in [2.24, 2.45) is 13.0 Å². The van der Waals surface area contributed by atoms with Gasteiger partial charge in [0, 0.05) is 38.9 Å². The number of benzene rings is 2. The molecule has 0 saturated heterocycles. The Bertz CT molecular complexity index is 1020. The first-order valence-electron chi connectivity index (χ1n) is 11.6. The van der Waals surface area contributed by atoms with Crippen molar-refractivity contribution in [2.75, 3.05) is 26.3 Å². The molecule has 176 valence electrons. The Morgan fingerprint density at radius 1 is 1.15 bits per heavy atom. The Kier molecular flexibility index (Phi) is 7.75. The molecule has 0 radical (unpaired) electrons. The second-order valence-electron chi connectivity index (χ2n) is 8.63. The molecule has 1 aliphatic carbocycles. The second-order valence-corrected chi connectivity index (χ2v) is 8.63. The molecule has 0 amide bonds. The smallest absolute Gasteiger partial charge is 0.222 e. The van der Waals surface area contributed by atoms with Crippen molar-refractivity contribution in [1.82, 2.24) is 14.7 Å². The molecule has 4 rings (SSSR count). The van der Waals surface area contributed by atoms with Crippen molar-refractivity contribution in [3.63, 3.8) is 0 Å². The van der Waals surface area contributed by atoms with Crippen molar-refractivity contribution < 1.29 is 19.0 Å². The van der Waals surface area contributed by atoms with Gasteiger partial charge in [-0.1, -0.05) is 30.3 Å². The van der Waals surface area contributed by atoms with E-state index in [2.05, 4.69) is 4.90 Å². The van der Waals surface area contributed by atoms with Crippen molar-refractivity contribution in [3.8, 4) is 22.9 Å². The third-order valence-electron chi connectivity index (χ3n) is 5.74. The number of aryl methyl sites for hydroxylation is 1. The van der Waals surface area contributed by atoms with Gasteiger partial charge in [0.25, 0.3) is 0 Å². The third kappa shape index (κ3) is 6.41. The highest BCUT2D eigenvalue weighted by Gasteiger charge is 2.28. The fraction of sp³-hybridized carbons (Fsp3) is 0.423. The van der Waals surface area contributed by atoms with Crippen LogP contribution >= 0.6 is 0 Å². The lowest BCUT2D eigenvalue weighted by Gasteiger charge is -2.25. The minimum absolute atomic E-state index is 0.309. The summed E-state index contributed by atoms with van der Waals surface area (Å²) < 4.78 is 26.8. The summed E-state index contributed by atoms with van der Waals surface area (Å²) in [7, 11) is 1.85. The summed E-state index contributed by atoms with van der Waals surface area (Å²) in [5, 5.41) is 15.3. The molecule has 1 aliphatic rings. The van der Waals surface area contributed by atoms with Crippen LogP contribution in [-0.4, -0.2) is 52.2 Å². The fourth-order valence-electron chi connectivity index (χ4n) is 3.96. The number of halogens is 1. The normalized spacial score (nSPS) is 14.6. The first-order valence-corrected chi connectivity index (χ1v) is 11.6. The molecule has 1 aromatic heterocycles. The van der Waals surface area contributed by atoms with E-state index in [-0.39, 0.29) is 5.82 Å². The summed E-state index contributed by atoms with van der Waals surface area (Å²) >= 11 is 0. The van der Waals surface area contributed by atoms with Gasteiger partial charge >= 0.3 is 0 Å². The molecule has 7 heteroatoms. The summed E-state index contributed by atoms with van der Waals surface area (Å²) in [5.74, 6) is 1.50. The van der Waals surface area contributed by atoms with E-state index in [9.17, 15) is 9.50 Å². The Hall–Kier alpha value is -2.74. The van der Waals surface area contributed by atoms with Crippen LogP contribution in [0.25, 0.3) is 11.3 Å². The standard InChI is InChI=1S/C26H32FN3O3/c1-3-32-18-22(31)16-30(15-19-9-10-19)17-24-25(20-7-5-4-6-8-20)28-29(2)26(24)33-23-13-11-21(27)12-14-23/h4-8,11-14,19,22,31H,3,9-10,15-18H2,1-2H3. The van der Waals surface area contributed by atoms with Crippen LogP contribution < -0.4 is 4.74 Å². The molecular weight excluding hydrogens is 421 g/mol. The highest BCUT2D eigenvalue weighted by Crippen LogP contribution is 2.36. The first-order chi connectivity index (χ1) is 16.0. The number of ether oxygens (including phenoxy) is 2. The van der Waals surface area contributed by atoms with E-state index in [0.717, 1.165) is 23.4 Å². The topological polar surface area (TPSA) is 59.8 Å². The van der Waals surface area contributed by atoms with E-state index in [0.29, 0.717) is 43.9 Å². The van der Waals surface area contributed by atoms with Crippen LogP contribution in [0.2, 0.25) is 0 Å². The SMILES string of the molecule is CCOCC(O)CN(Cc1c(-c2ccccc2)nn(C)c1Oc1ccc(F)cc1)CC1CC1. The Labute approximate surface area is 194 Å². The predicted molar refractivity (Wildman–Crippen MR) is 126 cm³/mol. The molecule has 0 spiro atoms. The van der Waals surface area contributed by atoms with Crippen molar-refractivity contribution in [1.29, 1.82) is 0 Å². The zero-order valence-corrected chi connectivity index (χ0v) is 19.3. The van der Waals surface area contributed by atoms with E-state index >= 15 is 0 Å². The van der Waals surface area contributed by atoms with E-state index in [1.54, 1.807) is 16.8 Å². The molecule has 33 heavy (non-hydrogen) atoms. The van der Waals surface area contributed by atoms with Crippen LogP contribution in [0.5, 0.6) is 11.6 Å². The maximum absolute atomic E-state index is 13.4. The van der Waals surface area contributed by atoms with E-state index < -0.39 is 6.10 Å². The number of aliphatic hydroxyl groups excluding tert-OH is 1. The third-order valence-corrected chi connectivity index (χ3v) is 5.74. The van der Waals surface area contributed by atoms with Crippen LogP contribution in [0.15, 0.2) is 54.6 Å². The van der Waals surface area contributed by atoms with Crippen molar-refractivity contribution in [3.05, 3.63) is 66.0 Å². The monoisotopic (exact) mass is 453 g/mol. The number of hydrogen-bond donors (Lipinski definition) is 1. The van der Waals surface area contributed by atoms with E-state index in [1.807, 2.05) is 44.3 Å². The molecule has 0 aliphatic heterocycles. The lowest BCUT2D eigenvalue weighted by atomic mass is 10.1. The largest absolute Gasteiger partial charge is 0.439 e. The predicted octanol–water partition coefficient (Wildman–Crippen LogP) is 4.63. The molecule has 1 N–H and O–H groups in total. The van der Waals surface area contributed by atoms with Crippen LogP contribution in [0, 0.1) is 11.7 Å². The number of rotatable bonds is 12. The zero-order valence-electron chi connectivity index (χ0n) is 19.3. The van der Waals surface area contributed by atoms with Gasteiger partial charge in [0.2, 0.25) is 5.88 Å². The van der Waals surface area contributed by atoms with Gasteiger partial charge in [0.05, 0.1) is 18.3 Å². The van der Waals surface area contributed by atoms with Crippen molar-refractivity contribution in [2.45, 2.75) is 32.4 Å². The summed E-state index contributed by atoms with van der Waals surface area (Å²) in [6.45, 7) is 4.81. The summed E-state index contributed by atoms with van der Waals surface area (Å²) in [5.41, 5.74) is 2.78. The summed E-state index contributed by atoms with van der Waals surface area (Å²) in [6.07, 6.45) is 1.87. The molecule has 1 atom stereocenters.